The average molecular weight is 540 g/mol. The monoisotopic (exact) mass is 539 g/mol. The van der Waals surface area contributed by atoms with Gasteiger partial charge in [0, 0.05) is 41.5 Å². The lowest BCUT2D eigenvalue weighted by Crippen LogP contribution is -2.38. The molecule has 1 unspecified atom stereocenters. The predicted molar refractivity (Wildman–Crippen MR) is 140 cm³/mol. The van der Waals surface area contributed by atoms with Crippen molar-refractivity contribution in [2.75, 3.05) is 17.2 Å². The van der Waals surface area contributed by atoms with Crippen molar-refractivity contribution < 1.29 is 13.2 Å². The maximum atomic E-state index is 13.7. The van der Waals surface area contributed by atoms with E-state index < -0.39 is 17.9 Å². The van der Waals surface area contributed by atoms with Gasteiger partial charge in [-0.2, -0.15) is 5.26 Å². The number of nitrogens with zero attached hydrogens (tertiary/aromatic N) is 3. The van der Waals surface area contributed by atoms with Gasteiger partial charge in [0.25, 0.3) is 0 Å². The van der Waals surface area contributed by atoms with Crippen LogP contribution < -0.4 is 21.6 Å². The van der Waals surface area contributed by atoms with Gasteiger partial charge in [0.1, 0.15) is 11.9 Å². The fraction of sp³-hybridized carbons (Fsp3) is 0.333. The highest BCUT2D eigenvalue weighted by Crippen LogP contribution is 2.51. The molecule has 4 N–H and O–H groups in total. The van der Waals surface area contributed by atoms with E-state index in [-0.39, 0.29) is 17.9 Å². The van der Waals surface area contributed by atoms with Gasteiger partial charge in [0.05, 0.1) is 33.5 Å². The molecule has 7 nitrogen and oxygen atoms in total. The summed E-state index contributed by atoms with van der Waals surface area (Å²) in [5.74, 6) is -0.338. The van der Waals surface area contributed by atoms with Crippen molar-refractivity contribution in [3.05, 3.63) is 76.5 Å². The first-order valence-corrected chi connectivity index (χ1v) is 12.8. The van der Waals surface area contributed by atoms with Crippen molar-refractivity contribution in [1.29, 1.82) is 5.26 Å². The van der Waals surface area contributed by atoms with Crippen LogP contribution >= 0.6 is 11.6 Å². The minimum absolute atomic E-state index is 0.0470. The number of aromatic nitrogens is 1. The van der Waals surface area contributed by atoms with E-state index in [2.05, 4.69) is 32.6 Å². The zero-order valence-corrected chi connectivity index (χ0v) is 21.0. The molecule has 38 heavy (non-hydrogen) atoms. The summed E-state index contributed by atoms with van der Waals surface area (Å²) in [6.45, 7) is 0.0470. The van der Waals surface area contributed by atoms with Crippen molar-refractivity contribution in [3.63, 3.8) is 0 Å². The van der Waals surface area contributed by atoms with Gasteiger partial charge in [-0.15, -0.1) is 5.53 Å². The van der Waals surface area contributed by atoms with Crippen LogP contribution in [0.4, 0.5) is 24.5 Å². The number of alkyl halides is 2. The van der Waals surface area contributed by atoms with Gasteiger partial charge < -0.3 is 16.1 Å². The molecule has 0 bridgehead atoms. The predicted octanol–water partition coefficient (Wildman–Crippen LogP) is 5.84. The van der Waals surface area contributed by atoms with Crippen LogP contribution in [0.25, 0.3) is 10.9 Å². The van der Waals surface area contributed by atoms with Crippen LogP contribution in [-0.2, 0) is 0 Å². The minimum atomic E-state index is -2.44. The molecule has 0 amide bonds. The first-order chi connectivity index (χ1) is 18.4. The van der Waals surface area contributed by atoms with Gasteiger partial charge in [-0.25, -0.2) is 13.2 Å². The molecule has 0 radical (unpaired) electrons. The second-order valence-corrected chi connectivity index (χ2v) is 10.5. The molecule has 1 atom stereocenters. The Morgan fingerprint density at radius 2 is 1.97 bits per heavy atom. The molecule has 2 aliphatic carbocycles. The second kappa shape index (κ2) is 9.57. The van der Waals surface area contributed by atoms with Crippen molar-refractivity contribution in [1.82, 2.24) is 21.0 Å². The molecule has 6 rings (SSSR count). The van der Waals surface area contributed by atoms with E-state index in [0.717, 1.165) is 24.1 Å². The number of nitriles is 1. The summed E-state index contributed by atoms with van der Waals surface area (Å²) >= 11 is 6.63. The number of halogens is 4. The van der Waals surface area contributed by atoms with Crippen molar-refractivity contribution in [3.8, 4) is 6.07 Å². The molecule has 2 saturated carbocycles. The quantitative estimate of drug-likeness (QED) is 0.272. The van der Waals surface area contributed by atoms with Gasteiger partial charge in [-0.1, -0.05) is 23.7 Å². The smallest absolute Gasteiger partial charge is 0.245 e. The summed E-state index contributed by atoms with van der Waals surface area (Å²) in [4.78, 5) is 4.36. The number of anilines is 2. The van der Waals surface area contributed by atoms with Crippen LogP contribution in [0, 0.1) is 22.6 Å². The maximum absolute atomic E-state index is 13.7. The maximum Gasteiger partial charge on any atom is 0.245 e. The molecular weight excluding hydrogens is 515 g/mol. The Balaban J connectivity index is 1.37. The van der Waals surface area contributed by atoms with Gasteiger partial charge in [-0.3, -0.25) is 9.99 Å². The minimum Gasteiger partial charge on any atom is -0.383 e. The average Bonchev–Trinajstić information content (AvgIpc) is 3.85. The molecule has 2 aromatic carbocycles. The summed E-state index contributed by atoms with van der Waals surface area (Å²) in [6.07, 6.45) is 4.02. The second-order valence-electron chi connectivity index (χ2n) is 10.1. The van der Waals surface area contributed by atoms with Crippen LogP contribution in [-0.4, -0.2) is 29.0 Å². The lowest BCUT2D eigenvalue weighted by atomic mass is 10.0. The van der Waals surface area contributed by atoms with E-state index in [1.54, 1.807) is 24.3 Å². The number of hydrogen-bond donors (Lipinski definition) is 4. The van der Waals surface area contributed by atoms with Crippen molar-refractivity contribution in [2.45, 2.75) is 44.2 Å². The van der Waals surface area contributed by atoms with Crippen molar-refractivity contribution in [2.24, 2.45) is 5.41 Å². The van der Waals surface area contributed by atoms with Gasteiger partial charge in [-0.05, 0) is 55.5 Å². The number of nitrogens with one attached hydrogen (secondary N) is 4. The molecule has 2 fully saturated rings. The Morgan fingerprint density at radius 3 is 2.63 bits per heavy atom. The molecule has 0 saturated heterocycles. The van der Waals surface area contributed by atoms with Crippen LogP contribution in [0.3, 0.4) is 0 Å². The molecule has 11 heteroatoms. The van der Waals surface area contributed by atoms with E-state index in [1.165, 1.54) is 18.3 Å². The Hall–Kier alpha value is -3.68. The summed E-state index contributed by atoms with van der Waals surface area (Å²) in [7, 11) is 0. The third-order valence-corrected chi connectivity index (χ3v) is 7.68. The molecule has 3 aromatic rings. The topological polar surface area (TPSA) is 88.0 Å². The SMILES string of the molecule is N#Cc1cnc2c(Cl)cc(NC(C3=CN(C4CC4)NN3)c3ccc(F)cc3)cc2c1NCC1(C(F)F)CC1. The standard InChI is InChI=1S/C27H25ClF3N7/c28-21-10-18(9-20-23(16(11-32)12-33-25(20)21)34-14-27(7-8-27)26(30)31)35-24(15-1-3-17(29)4-2-15)22-13-38(37-36-22)19-5-6-19/h1-4,9-10,12-13,19,24,26,35-37H,5-8,14H2,(H,33,34). The van der Waals surface area contributed by atoms with Crippen LogP contribution in [0.1, 0.15) is 42.9 Å². The van der Waals surface area contributed by atoms with E-state index >= 15 is 0 Å². The summed E-state index contributed by atoms with van der Waals surface area (Å²) in [5.41, 5.74) is 8.69. The fourth-order valence-electron chi connectivity index (χ4n) is 4.72. The Bertz CT molecular complexity index is 1450. The molecule has 1 aliphatic heterocycles. The van der Waals surface area contributed by atoms with Crippen LogP contribution in [0.15, 0.2) is 54.5 Å². The number of rotatable bonds is 9. The van der Waals surface area contributed by atoms with Gasteiger partial charge in [0.2, 0.25) is 6.43 Å². The Morgan fingerprint density at radius 1 is 1.21 bits per heavy atom. The van der Waals surface area contributed by atoms with Crippen LogP contribution in [0.2, 0.25) is 5.02 Å². The molecular formula is C27H25ClF3N7. The van der Waals surface area contributed by atoms with E-state index in [1.807, 2.05) is 11.2 Å². The Labute approximate surface area is 222 Å². The molecule has 2 heterocycles. The molecule has 3 aliphatic rings. The third kappa shape index (κ3) is 4.68. The number of pyridine rings is 1. The summed E-state index contributed by atoms with van der Waals surface area (Å²) in [6, 6.07) is 11.9. The molecule has 196 valence electrons. The van der Waals surface area contributed by atoms with Gasteiger partial charge in [0.15, 0.2) is 0 Å². The zero-order valence-electron chi connectivity index (χ0n) is 20.2. The molecule has 1 aromatic heterocycles. The number of hydrazine groups is 2. The normalized spacial score (nSPS) is 18.6. The van der Waals surface area contributed by atoms with E-state index in [4.69, 9.17) is 11.6 Å². The van der Waals surface area contributed by atoms with E-state index in [9.17, 15) is 18.4 Å². The highest BCUT2D eigenvalue weighted by molar-refractivity contribution is 6.35. The van der Waals surface area contributed by atoms with Crippen LogP contribution in [0.5, 0.6) is 0 Å². The Kier molecular flexibility index (Phi) is 6.20. The summed E-state index contributed by atoms with van der Waals surface area (Å²) in [5, 5.41) is 19.2. The summed E-state index contributed by atoms with van der Waals surface area (Å²) < 4.78 is 40.8. The van der Waals surface area contributed by atoms with Gasteiger partial charge >= 0.3 is 0 Å². The first-order valence-electron chi connectivity index (χ1n) is 12.4. The van der Waals surface area contributed by atoms with E-state index in [0.29, 0.717) is 46.2 Å². The highest BCUT2D eigenvalue weighted by atomic mass is 35.5. The largest absolute Gasteiger partial charge is 0.383 e. The fourth-order valence-corrected chi connectivity index (χ4v) is 4.99. The lowest BCUT2D eigenvalue weighted by Gasteiger charge is -2.23. The number of hydrogen-bond acceptors (Lipinski definition) is 7. The number of fused-ring (bicyclic) bond motifs is 1. The zero-order chi connectivity index (χ0) is 26.4. The first kappa shape index (κ1) is 24.6. The van der Waals surface area contributed by atoms with Crippen molar-refractivity contribution >= 4 is 33.9 Å². The number of benzene rings is 2. The lowest BCUT2D eigenvalue weighted by molar-refractivity contribution is 0.0688. The molecule has 0 spiro atoms. The third-order valence-electron chi connectivity index (χ3n) is 7.39. The highest BCUT2D eigenvalue weighted by Gasteiger charge is 2.50.